The van der Waals surface area contributed by atoms with Crippen molar-refractivity contribution in [1.82, 2.24) is 24.7 Å². The molecule has 1 fully saturated rings. The maximum atomic E-state index is 6.00. The molecule has 0 spiro atoms. The molecule has 0 bridgehead atoms. The highest BCUT2D eigenvalue weighted by Gasteiger charge is 2.31. The van der Waals surface area contributed by atoms with E-state index >= 15 is 0 Å². The Labute approximate surface area is 216 Å². The molecular formula is C28H32N8O. The summed E-state index contributed by atoms with van der Waals surface area (Å²) in [7, 11) is 1.89. The summed E-state index contributed by atoms with van der Waals surface area (Å²) in [5.74, 6) is 4.33. The van der Waals surface area contributed by atoms with E-state index in [9.17, 15) is 0 Å². The lowest BCUT2D eigenvalue weighted by Crippen LogP contribution is -2.37. The third kappa shape index (κ3) is 4.85. The van der Waals surface area contributed by atoms with Crippen LogP contribution in [-0.4, -0.2) is 56.4 Å². The SMILES string of the molecule is CC(C)C1COC(C2CCN(c3nc(-c4ccnc(Nc5ccn(C)n5)c4)cc4cnccc34)CC2)=N1. The summed E-state index contributed by atoms with van der Waals surface area (Å²) in [5, 5.41) is 9.86. The van der Waals surface area contributed by atoms with Gasteiger partial charge in [0.1, 0.15) is 18.2 Å². The molecule has 0 aromatic carbocycles. The molecule has 0 saturated carbocycles. The molecule has 0 aliphatic carbocycles. The molecule has 4 aromatic heterocycles. The molecule has 9 nitrogen and oxygen atoms in total. The summed E-state index contributed by atoms with van der Waals surface area (Å²) in [4.78, 5) is 21.3. The molecule has 4 aromatic rings. The number of fused-ring (bicyclic) bond motifs is 1. The van der Waals surface area contributed by atoms with E-state index in [0.717, 1.165) is 77.9 Å². The quantitative estimate of drug-likeness (QED) is 0.408. The van der Waals surface area contributed by atoms with Gasteiger partial charge in [0.15, 0.2) is 11.7 Å². The fraction of sp³-hybridized carbons (Fsp3) is 0.393. The molecule has 2 aliphatic heterocycles. The van der Waals surface area contributed by atoms with Crippen LogP contribution in [-0.2, 0) is 11.8 Å². The maximum absolute atomic E-state index is 6.00. The van der Waals surface area contributed by atoms with Crippen LogP contribution < -0.4 is 10.2 Å². The molecule has 1 saturated heterocycles. The number of rotatable bonds is 6. The van der Waals surface area contributed by atoms with Crippen LogP contribution in [0.1, 0.15) is 26.7 Å². The monoisotopic (exact) mass is 496 g/mol. The minimum atomic E-state index is 0.292. The molecule has 1 unspecified atom stereocenters. The van der Waals surface area contributed by atoms with Gasteiger partial charge in [0, 0.05) is 73.2 Å². The van der Waals surface area contributed by atoms with Crippen LogP contribution in [0.25, 0.3) is 22.0 Å². The summed E-state index contributed by atoms with van der Waals surface area (Å²) in [6.45, 7) is 6.97. The Bertz CT molecular complexity index is 1440. The number of hydrogen-bond donors (Lipinski definition) is 1. The van der Waals surface area contributed by atoms with Crippen LogP contribution in [0.2, 0.25) is 0 Å². The summed E-state index contributed by atoms with van der Waals surface area (Å²) < 4.78 is 7.76. The lowest BCUT2D eigenvalue weighted by Gasteiger charge is -2.33. The zero-order valence-electron chi connectivity index (χ0n) is 21.5. The number of anilines is 3. The van der Waals surface area contributed by atoms with Gasteiger partial charge < -0.3 is 15.0 Å². The van der Waals surface area contributed by atoms with Crippen molar-refractivity contribution < 1.29 is 4.74 Å². The van der Waals surface area contributed by atoms with Crippen LogP contribution in [0.3, 0.4) is 0 Å². The average Bonchev–Trinajstić information content (AvgIpc) is 3.58. The Morgan fingerprint density at radius 1 is 1.05 bits per heavy atom. The first kappa shape index (κ1) is 23.4. The second-order valence-corrected chi connectivity index (χ2v) is 10.2. The lowest BCUT2D eigenvalue weighted by molar-refractivity contribution is 0.270. The molecule has 2 aliphatic rings. The Morgan fingerprint density at radius 2 is 1.92 bits per heavy atom. The van der Waals surface area contributed by atoms with E-state index in [0.29, 0.717) is 17.9 Å². The molecular weight excluding hydrogens is 464 g/mol. The fourth-order valence-electron chi connectivity index (χ4n) is 5.05. The number of piperidine rings is 1. The van der Waals surface area contributed by atoms with E-state index in [-0.39, 0.29) is 0 Å². The highest BCUT2D eigenvalue weighted by Crippen LogP contribution is 2.33. The molecule has 1 atom stereocenters. The second kappa shape index (κ2) is 9.80. The first-order chi connectivity index (χ1) is 18.0. The Hall–Kier alpha value is -4.01. The molecule has 6 heterocycles. The van der Waals surface area contributed by atoms with Crippen molar-refractivity contribution in [3.63, 3.8) is 0 Å². The van der Waals surface area contributed by atoms with E-state index in [1.165, 1.54) is 0 Å². The van der Waals surface area contributed by atoms with E-state index < -0.39 is 0 Å². The van der Waals surface area contributed by atoms with E-state index in [2.05, 4.69) is 51.3 Å². The summed E-state index contributed by atoms with van der Waals surface area (Å²) in [6, 6.07) is 10.4. The first-order valence-electron chi connectivity index (χ1n) is 13.0. The summed E-state index contributed by atoms with van der Waals surface area (Å²) in [5.41, 5.74) is 1.89. The number of nitrogens with one attached hydrogen (secondary N) is 1. The van der Waals surface area contributed by atoms with Gasteiger partial charge in [-0.25, -0.2) is 15.0 Å². The molecule has 1 N–H and O–H groups in total. The van der Waals surface area contributed by atoms with Gasteiger partial charge in [-0.15, -0.1) is 0 Å². The van der Waals surface area contributed by atoms with Crippen molar-refractivity contribution in [3.8, 4) is 11.3 Å². The third-order valence-corrected chi connectivity index (χ3v) is 7.25. The van der Waals surface area contributed by atoms with Crippen LogP contribution >= 0.6 is 0 Å². The van der Waals surface area contributed by atoms with Crippen molar-refractivity contribution >= 4 is 34.1 Å². The molecule has 6 rings (SSSR count). The van der Waals surface area contributed by atoms with Crippen molar-refractivity contribution in [1.29, 1.82) is 0 Å². The zero-order chi connectivity index (χ0) is 25.4. The topological polar surface area (TPSA) is 93.3 Å². The number of aryl methyl sites for hydroxylation is 1. The zero-order valence-corrected chi connectivity index (χ0v) is 21.5. The number of nitrogens with zero attached hydrogens (tertiary/aromatic N) is 7. The largest absolute Gasteiger partial charge is 0.478 e. The number of hydrogen-bond acceptors (Lipinski definition) is 8. The fourth-order valence-corrected chi connectivity index (χ4v) is 5.05. The third-order valence-electron chi connectivity index (χ3n) is 7.25. The van der Waals surface area contributed by atoms with Gasteiger partial charge in [0.25, 0.3) is 0 Å². The van der Waals surface area contributed by atoms with Crippen molar-refractivity contribution in [2.24, 2.45) is 23.9 Å². The highest BCUT2D eigenvalue weighted by molar-refractivity contribution is 5.94. The Balaban J connectivity index is 1.26. The molecule has 0 amide bonds. The minimum absolute atomic E-state index is 0.292. The van der Waals surface area contributed by atoms with Gasteiger partial charge in [0.2, 0.25) is 0 Å². The highest BCUT2D eigenvalue weighted by atomic mass is 16.5. The van der Waals surface area contributed by atoms with E-state index in [4.69, 9.17) is 14.7 Å². The van der Waals surface area contributed by atoms with Crippen LogP contribution in [0, 0.1) is 11.8 Å². The minimum Gasteiger partial charge on any atom is -0.478 e. The molecule has 190 valence electrons. The van der Waals surface area contributed by atoms with Gasteiger partial charge in [-0.1, -0.05) is 13.8 Å². The van der Waals surface area contributed by atoms with E-state index in [1.807, 2.05) is 43.8 Å². The first-order valence-corrected chi connectivity index (χ1v) is 13.0. The molecule has 0 radical (unpaired) electrons. The van der Waals surface area contributed by atoms with Gasteiger partial charge in [-0.05, 0) is 43.0 Å². The molecule has 9 heteroatoms. The number of aromatic nitrogens is 5. The average molecular weight is 497 g/mol. The molecule has 37 heavy (non-hydrogen) atoms. The van der Waals surface area contributed by atoms with Gasteiger partial charge in [0.05, 0.1) is 11.7 Å². The van der Waals surface area contributed by atoms with Crippen molar-refractivity contribution in [2.75, 3.05) is 29.9 Å². The normalized spacial score (nSPS) is 18.3. The summed E-state index contributed by atoms with van der Waals surface area (Å²) >= 11 is 0. The smallest absolute Gasteiger partial charge is 0.187 e. The van der Waals surface area contributed by atoms with Gasteiger partial charge in [-0.3, -0.25) is 9.67 Å². The van der Waals surface area contributed by atoms with Gasteiger partial charge in [-0.2, -0.15) is 5.10 Å². The Morgan fingerprint density at radius 3 is 2.68 bits per heavy atom. The van der Waals surface area contributed by atoms with Crippen molar-refractivity contribution in [2.45, 2.75) is 32.7 Å². The number of ether oxygens (including phenoxy) is 1. The number of pyridine rings is 3. The van der Waals surface area contributed by atoms with Crippen LogP contribution in [0.15, 0.2) is 60.1 Å². The van der Waals surface area contributed by atoms with Crippen LogP contribution in [0.5, 0.6) is 0 Å². The standard InChI is InChI=1S/C28H32N8O/c1-18(2)24-17-37-28(32-24)19-6-12-36(13-7-19)27-22-5-9-29-16-21(22)14-23(31-27)20-4-10-30-26(15-20)33-25-8-11-35(3)34-25/h4-5,8-11,14-16,18-19,24H,6-7,12-13,17H2,1-3H3,(H,30,33,34). The van der Waals surface area contributed by atoms with E-state index in [1.54, 1.807) is 10.9 Å². The van der Waals surface area contributed by atoms with Gasteiger partial charge >= 0.3 is 0 Å². The summed E-state index contributed by atoms with van der Waals surface area (Å²) in [6.07, 6.45) is 9.47. The van der Waals surface area contributed by atoms with Crippen molar-refractivity contribution in [3.05, 3.63) is 55.1 Å². The predicted molar refractivity (Wildman–Crippen MR) is 146 cm³/mol. The lowest BCUT2D eigenvalue weighted by atomic mass is 9.96. The Kier molecular flexibility index (Phi) is 6.20. The second-order valence-electron chi connectivity index (χ2n) is 10.2. The predicted octanol–water partition coefficient (Wildman–Crippen LogP) is 4.84. The maximum Gasteiger partial charge on any atom is 0.187 e. The number of aliphatic imine (C=N–C) groups is 1. The van der Waals surface area contributed by atoms with Crippen LogP contribution in [0.4, 0.5) is 17.5 Å².